The first kappa shape index (κ1) is 22.0. The Morgan fingerprint density at radius 3 is 2.59 bits per heavy atom. The first-order valence-corrected chi connectivity index (χ1v) is 11.3. The summed E-state index contributed by atoms with van der Waals surface area (Å²) in [6.45, 7) is 1.77. The summed E-state index contributed by atoms with van der Waals surface area (Å²) in [5.41, 5.74) is 3.29. The van der Waals surface area contributed by atoms with Crippen LogP contribution in [-0.2, 0) is 7.05 Å². The Labute approximate surface area is 204 Å². The maximum absolute atomic E-state index is 13.1. The van der Waals surface area contributed by atoms with E-state index in [0.717, 1.165) is 26.7 Å². The van der Waals surface area contributed by atoms with E-state index in [-0.39, 0.29) is 11.5 Å². The van der Waals surface area contributed by atoms with E-state index < -0.39 is 5.97 Å². The number of rotatable bonds is 4. The fraction of sp³-hybridized carbons (Fsp3) is 0.111. The third kappa shape index (κ3) is 3.78. The van der Waals surface area contributed by atoms with Gasteiger partial charge in [0.05, 0.1) is 18.2 Å². The minimum Gasteiger partial charge on any atom is -0.497 e. The molecule has 6 nitrogen and oxygen atoms in total. The predicted octanol–water partition coefficient (Wildman–Crippen LogP) is 6.09. The summed E-state index contributed by atoms with van der Waals surface area (Å²) in [6.07, 6.45) is 3.67. The van der Waals surface area contributed by atoms with E-state index in [4.69, 9.17) is 14.2 Å². The van der Waals surface area contributed by atoms with Crippen molar-refractivity contribution < 1.29 is 23.8 Å². The zero-order valence-corrected chi connectivity index (χ0v) is 20.3. The van der Waals surface area contributed by atoms with E-state index >= 15 is 0 Å². The van der Waals surface area contributed by atoms with Gasteiger partial charge in [0.25, 0.3) is 0 Å². The van der Waals surface area contributed by atoms with Gasteiger partial charge in [-0.1, -0.05) is 15.9 Å². The number of benzene rings is 3. The van der Waals surface area contributed by atoms with Gasteiger partial charge in [0.1, 0.15) is 17.2 Å². The summed E-state index contributed by atoms with van der Waals surface area (Å²) in [5, 5.41) is 0.947. The zero-order chi connectivity index (χ0) is 24.0. The van der Waals surface area contributed by atoms with Crippen LogP contribution < -0.4 is 14.2 Å². The van der Waals surface area contributed by atoms with Crippen LogP contribution in [0.2, 0.25) is 0 Å². The first-order valence-electron chi connectivity index (χ1n) is 10.5. The number of allylic oxidation sites excluding steroid dienone is 1. The van der Waals surface area contributed by atoms with Gasteiger partial charge in [-0.2, -0.15) is 0 Å². The van der Waals surface area contributed by atoms with Crippen LogP contribution in [0.4, 0.5) is 0 Å². The molecule has 1 aliphatic rings. The van der Waals surface area contributed by atoms with Crippen molar-refractivity contribution in [2.24, 2.45) is 7.05 Å². The number of aromatic nitrogens is 1. The number of ketones is 1. The number of aryl methyl sites for hydroxylation is 1. The molecule has 0 atom stereocenters. The molecule has 0 fully saturated rings. The van der Waals surface area contributed by atoms with Crippen molar-refractivity contribution in [2.75, 3.05) is 7.11 Å². The van der Waals surface area contributed by atoms with Gasteiger partial charge in [-0.25, -0.2) is 4.79 Å². The molecule has 0 unspecified atom stereocenters. The molecule has 4 aromatic rings. The first-order chi connectivity index (χ1) is 16.4. The maximum atomic E-state index is 13.1. The SMILES string of the molecule is COc1ccc2c(c1)c(/C=C1\Oc3c(ccc(OC(=O)c4ccc(Br)cc4)c3C)C1=O)cn2C. The minimum absolute atomic E-state index is 0.213. The minimum atomic E-state index is -0.486. The molecular weight excluding hydrogens is 498 g/mol. The van der Waals surface area contributed by atoms with Gasteiger partial charge in [-0.05, 0) is 67.6 Å². The Bertz CT molecular complexity index is 1500. The quantitative estimate of drug-likeness (QED) is 0.186. The van der Waals surface area contributed by atoms with Gasteiger partial charge in [0.15, 0.2) is 5.76 Å². The van der Waals surface area contributed by atoms with Crippen LogP contribution in [0, 0.1) is 6.92 Å². The number of fused-ring (bicyclic) bond motifs is 2. The number of carbonyl (C=O) groups is 2. The zero-order valence-electron chi connectivity index (χ0n) is 18.7. The normalized spacial score (nSPS) is 13.8. The Balaban J connectivity index is 1.46. The summed E-state index contributed by atoms with van der Waals surface area (Å²) in [7, 11) is 3.56. The van der Waals surface area contributed by atoms with Crippen molar-refractivity contribution >= 4 is 44.7 Å². The van der Waals surface area contributed by atoms with E-state index in [0.29, 0.717) is 28.2 Å². The van der Waals surface area contributed by atoms with Gasteiger partial charge < -0.3 is 18.8 Å². The number of ether oxygens (including phenoxy) is 3. The van der Waals surface area contributed by atoms with Crippen LogP contribution in [0.3, 0.4) is 0 Å². The standard InChI is InChI=1S/C27H20BrNO5/c1-15-23(34-27(31)16-4-6-18(28)7-5-16)11-9-20-25(30)24(33-26(15)20)12-17-14-29(2)22-10-8-19(32-3)13-21(17)22/h4-14H,1-3H3/b24-12-. The lowest BCUT2D eigenvalue weighted by molar-refractivity contribution is 0.0733. The second-order valence-electron chi connectivity index (χ2n) is 7.98. The van der Waals surface area contributed by atoms with Crippen molar-refractivity contribution in [2.45, 2.75) is 6.92 Å². The Kier molecular flexibility index (Phi) is 5.49. The summed E-state index contributed by atoms with van der Waals surface area (Å²) in [6, 6.07) is 15.9. The Morgan fingerprint density at radius 1 is 1.09 bits per heavy atom. The molecule has 0 aliphatic carbocycles. The van der Waals surface area contributed by atoms with E-state index in [9.17, 15) is 9.59 Å². The number of hydrogen-bond acceptors (Lipinski definition) is 5. The molecule has 0 bridgehead atoms. The molecule has 7 heteroatoms. The summed E-state index contributed by atoms with van der Waals surface area (Å²) in [4.78, 5) is 25.6. The lowest BCUT2D eigenvalue weighted by Crippen LogP contribution is -2.09. The van der Waals surface area contributed by atoms with Crippen LogP contribution in [0.25, 0.3) is 17.0 Å². The molecule has 170 valence electrons. The summed E-state index contributed by atoms with van der Waals surface area (Å²) >= 11 is 3.35. The molecule has 0 radical (unpaired) electrons. The molecule has 5 rings (SSSR count). The van der Waals surface area contributed by atoms with Crippen LogP contribution in [0.5, 0.6) is 17.2 Å². The van der Waals surface area contributed by atoms with Crippen LogP contribution in [0.15, 0.2) is 71.0 Å². The maximum Gasteiger partial charge on any atom is 0.343 e. The van der Waals surface area contributed by atoms with Crippen LogP contribution in [-0.4, -0.2) is 23.4 Å². The number of methoxy groups -OCH3 is 1. The number of nitrogens with zero attached hydrogens (tertiary/aromatic N) is 1. The van der Waals surface area contributed by atoms with Gasteiger partial charge >= 0.3 is 5.97 Å². The van der Waals surface area contributed by atoms with Crippen molar-refractivity contribution in [3.05, 3.63) is 93.3 Å². The van der Waals surface area contributed by atoms with Gasteiger partial charge in [-0.3, -0.25) is 4.79 Å². The second kappa shape index (κ2) is 8.50. The molecule has 0 N–H and O–H groups in total. The van der Waals surface area contributed by atoms with E-state index in [1.54, 1.807) is 56.5 Å². The second-order valence-corrected chi connectivity index (χ2v) is 8.90. The van der Waals surface area contributed by atoms with Gasteiger partial charge in [-0.15, -0.1) is 0 Å². The number of halogens is 1. The highest BCUT2D eigenvalue weighted by molar-refractivity contribution is 9.10. The van der Waals surface area contributed by atoms with Crippen molar-refractivity contribution in [1.29, 1.82) is 0 Å². The molecule has 0 saturated carbocycles. The summed E-state index contributed by atoms with van der Waals surface area (Å²) in [5.74, 6) is 0.980. The van der Waals surface area contributed by atoms with Gasteiger partial charge in [0.2, 0.25) is 5.78 Å². The smallest absolute Gasteiger partial charge is 0.343 e. The predicted molar refractivity (Wildman–Crippen MR) is 133 cm³/mol. The molecule has 1 aromatic heterocycles. The Hall–Kier alpha value is -3.84. The third-order valence-corrected chi connectivity index (χ3v) is 6.36. The highest BCUT2D eigenvalue weighted by Gasteiger charge is 2.31. The highest BCUT2D eigenvalue weighted by Crippen LogP contribution is 2.40. The fourth-order valence-electron chi connectivity index (χ4n) is 4.01. The van der Waals surface area contributed by atoms with Crippen LogP contribution in [0.1, 0.15) is 31.8 Å². The topological polar surface area (TPSA) is 66.8 Å². The highest BCUT2D eigenvalue weighted by atomic mass is 79.9. The van der Waals surface area contributed by atoms with Crippen molar-refractivity contribution in [3.8, 4) is 17.2 Å². The molecule has 34 heavy (non-hydrogen) atoms. The molecule has 3 aromatic carbocycles. The van der Waals surface area contributed by atoms with E-state index in [2.05, 4.69) is 15.9 Å². The number of esters is 1. The van der Waals surface area contributed by atoms with Crippen LogP contribution >= 0.6 is 15.9 Å². The molecular formula is C27H20BrNO5. The average Bonchev–Trinajstić information content (AvgIpc) is 3.32. The molecule has 2 heterocycles. The molecule has 0 amide bonds. The third-order valence-electron chi connectivity index (χ3n) is 5.83. The summed E-state index contributed by atoms with van der Waals surface area (Å²) < 4.78 is 19.8. The van der Waals surface area contributed by atoms with Crippen molar-refractivity contribution in [3.63, 3.8) is 0 Å². The van der Waals surface area contributed by atoms with E-state index in [1.807, 2.05) is 36.0 Å². The number of carbonyl (C=O) groups excluding carboxylic acids is 2. The van der Waals surface area contributed by atoms with E-state index in [1.165, 1.54) is 0 Å². The average molecular weight is 518 g/mol. The van der Waals surface area contributed by atoms with Crippen molar-refractivity contribution in [1.82, 2.24) is 4.57 Å². The monoisotopic (exact) mass is 517 g/mol. The largest absolute Gasteiger partial charge is 0.497 e. The lowest BCUT2D eigenvalue weighted by atomic mass is 10.1. The number of hydrogen-bond donors (Lipinski definition) is 0. The lowest BCUT2D eigenvalue weighted by Gasteiger charge is -2.10. The molecule has 0 saturated heterocycles. The molecule has 1 aliphatic heterocycles. The fourth-order valence-corrected chi connectivity index (χ4v) is 4.27. The Morgan fingerprint density at radius 2 is 1.85 bits per heavy atom. The molecule has 0 spiro atoms. The van der Waals surface area contributed by atoms with Gasteiger partial charge in [0, 0.05) is 39.7 Å². The number of Topliss-reactive ketones (excluding diaryl/α,β-unsaturated/α-hetero) is 1.